The van der Waals surface area contributed by atoms with Crippen LogP contribution in [0.5, 0.6) is 0 Å². The Bertz CT molecular complexity index is 214. The first-order valence-corrected chi connectivity index (χ1v) is 4.93. The molecule has 0 saturated heterocycles. The van der Waals surface area contributed by atoms with E-state index in [4.69, 9.17) is 0 Å². The zero-order chi connectivity index (χ0) is 11.2. The second-order valence-corrected chi connectivity index (χ2v) is 4.21. The van der Waals surface area contributed by atoms with Gasteiger partial charge in [-0.3, -0.25) is 0 Å². The van der Waals surface area contributed by atoms with Crippen LogP contribution in [-0.2, 0) is 9.53 Å². The number of carbonyl (C=O) groups excluding carboxylic acids is 1. The van der Waals surface area contributed by atoms with Gasteiger partial charge in [0.2, 0.25) is 0 Å². The molecule has 0 rings (SSSR count). The summed E-state index contributed by atoms with van der Waals surface area (Å²) in [6.45, 7) is 8.90. The topological polar surface area (TPSA) is 38.3 Å². The van der Waals surface area contributed by atoms with E-state index in [1.165, 1.54) is 7.11 Å². The third kappa shape index (κ3) is 5.75. The summed E-state index contributed by atoms with van der Waals surface area (Å²) < 4.78 is 4.65. The monoisotopic (exact) mass is 199 g/mol. The van der Waals surface area contributed by atoms with Gasteiger partial charge >= 0.3 is 5.97 Å². The Morgan fingerprint density at radius 1 is 1.43 bits per heavy atom. The lowest BCUT2D eigenvalue weighted by molar-refractivity contribution is -0.136. The summed E-state index contributed by atoms with van der Waals surface area (Å²) in [4.78, 5) is 11.2. The van der Waals surface area contributed by atoms with E-state index in [1.54, 1.807) is 0 Å². The fourth-order valence-electron chi connectivity index (χ4n) is 0.984. The zero-order valence-corrected chi connectivity index (χ0v) is 9.81. The summed E-state index contributed by atoms with van der Waals surface area (Å²) >= 11 is 0. The second kappa shape index (κ2) is 5.81. The van der Waals surface area contributed by atoms with Crippen LogP contribution in [0.3, 0.4) is 0 Å². The molecule has 0 aliphatic carbocycles. The molecule has 0 aromatic carbocycles. The van der Waals surface area contributed by atoms with Crippen molar-refractivity contribution in [3.63, 3.8) is 0 Å². The first-order chi connectivity index (χ1) is 6.40. The molecule has 0 saturated carbocycles. The number of hydrogen-bond donors (Lipinski definition) is 1. The smallest absolute Gasteiger partial charge is 0.333 e. The van der Waals surface area contributed by atoms with Gasteiger partial charge in [-0.1, -0.05) is 13.0 Å². The van der Waals surface area contributed by atoms with Gasteiger partial charge in [0.1, 0.15) is 0 Å². The fourth-order valence-corrected chi connectivity index (χ4v) is 0.984. The van der Waals surface area contributed by atoms with Gasteiger partial charge in [-0.15, -0.1) is 0 Å². The van der Waals surface area contributed by atoms with Crippen LogP contribution in [0.1, 0.15) is 34.1 Å². The molecule has 0 bridgehead atoms. The summed E-state index contributed by atoms with van der Waals surface area (Å²) in [7, 11) is 1.41. The number of carbonyl (C=O) groups is 1. The van der Waals surface area contributed by atoms with Crippen LogP contribution in [0.15, 0.2) is 11.6 Å². The van der Waals surface area contributed by atoms with Gasteiger partial charge in [-0.2, -0.15) is 0 Å². The first kappa shape index (κ1) is 13.2. The molecule has 0 amide bonds. The summed E-state index contributed by atoms with van der Waals surface area (Å²) in [5, 5.41) is 3.28. The van der Waals surface area contributed by atoms with Gasteiger partial charge in [-0.05, 0) is 27.2 Å². The van der Waals surface area contributed by atoms with Crippen molar-refractivity contribution < 1.29 is 9.53 Å². The molecule has 0 aromatic rings. The van der Waals surface area contributed by atoms with Crippen molar-refractivity contribution >= 4 is 5.97 Å². The highest BCUT2D eigenvalue weighted by Gasteiger charge is 2.09. The molecule has 0 radical (unpaired) electrons. The number of methoxy groups -OCH3 is 1. The summed E-state index contributed by atoms with van der Waals surface area (Å²) in [6.07, 6.45) is 2.59. The molecule has 82 valence electrons. The lowest BCUT2D eigenvalue weighted by atomic mass is 10.1. The molecule has 0 aliphatic heterocycles. The Labute approximate surface area is 86.5 Å². The Balaban J connectivity index is 4.13. The Morgan fingerprint density at radius 3 is 2.36 bits per heavy atom. The standard InChI is InChI=1S/C11H21NO2/c1-6-9(10(13)14-5)7-8-12-11(2,3)4/h7,12H,6,8H2,1-5H3. The molecule has 0 fully saturated rings. The number of ether oxygens (including phenoxy) is 1. The van der Waals surface area contributed by atoms with E-state index in [2.05, 4.69) is 30.8 Å². The molecule has 0 heterocycles. The van der Waals surface area contributed by atoms with Crippen molar-refractivity contribution in [1.29, 1.82) is 0 Å². The van der Waals surface area contributed by atoms with Crippen molar-refractivity contribution in [3.8, 4) is 0 Å². The van der Waals surface area contributed by atoms with Gasteiger partial charge in [0, 0.05) is 17.7 Å². The van der Waals surface area contributed by atoms with Crippen LogP contribution in [0.4, 0.5) is 0 Å². The quantitative estimate of drug-likeness (QED) is 0.555. The summed E-state index contributed by atoms with van der Waals surface area (Å²) in [5.41, 5.74) is 0.801. The molecule has 3 nitrogen and oxygen atoms in total. The van der Waals surface area contributed by atoms with E-state index >= 15 is 0 Å². The normalized spacial score (nSPS) is 12.8. The number of rotatable bonds is 4. The zero-order valence-electron chi connectivity index (χ0n) is 9.81. The molecule has 1 N–H and O–H groups in total. The van der Waals surface area contributed by atoms with Crippen molar-refractivity contribution in [2.75, 3.05) is 13.7 Å². The highest BCUT2D eigenvalue weighted by molar-refractivity contribution is 5.88. The van der Waals surface area contributed by atoms with E-state index < -0.39 is 0 Å². The Morgan fingerprint density at radius 2 is 2.00 bits per heavy atom. The molecule has 0 spiro atoms. The summed E-state index contributed by atoms with van der Waals surface area (Å²) in [6, 6.07) is 0. The van der Waals surface area contributed by atoms with Gasteiger partial charge in [0.25, 0.3) is 0 Å². The Kier molecular flexibility index (Phi) is 5.46. The SMILES string of the molecule is CCC(=CCNC(C)(C)C)C(=O)OC. The summed E-state index contributed by atoms with van der Waals surface area (Å²) in [5.74, 6) is -0.233. The number of hydrogen-bond acceptors (Lipinski definition) is 3. The van der Waals surface area contributed by atoms with Gasteiger partial charge in [0.15, 0.2) is 0 Å². The third-order valence-corrected chi connectivity index (χ3v) is 1.81. The van der Waals surface area contributed by atoms with Crippen molar-refractivity contribution in [3.05, 3.63) is 11.6 Å². The molecule has 3 heteroatoms. The maximum atomic E-state index is 11.2. The van der Waals surface area contributed by atoms with Crippen LogP contribution in [0, 0.1) is 0 Å². The lowest BCUT2D eigenvalue weighted by Gasteiger charge is -2.19. The van der Waals surface area contributed by atoms with E-state index in [0.717, 1.165) is 5.57 Å². The highest BCUT2D eigenvalue weighted by Crippen LogP contribution is 2.03. The lowest BCUT2D eigenvalue weighted by Crippen LogP contribution is -2.35. The van der Waals surface area contributed by atoms with Gasteiger partial charge in [0.05, 0.1) is 7.11 Å². The van der Waals surface area contributed by atoms with Crippen LogP contribution in [-0.4, -0.2) is 25.2 Å². The molecule has 0 aromatic heterocycles. The van der Waals surface area contributed by atoms with Gasteiger partial charge in [-0.25, -0.2) is 4.79 Å². The molecule has 14 heavy (non-hydrogen) atoms. The molecule has 0 unspecified atom stereocenters. The van der Waals surface area contributed by atoms with Crippen LogP contribution in [0.25, 0.3) is 0 Å². The molecular weight excluding hydrogens is 178 g/mol. The second-order valence-electron chi connectivity index (χ2n) is 4.21. The van der Waals surface area contributed by atoms with Crippen molar-refractivity contribution in [1.82, 2.24) is 5.32 Å². The molecular formula is C11H21NO2. The minimum Gasteiger partial charge on any atom is -0.466 e. The first-order valence-electron chi connectivity index (χ1n) is 4.93. The van der Waals surface area contributed by atoms with E-state index in [9.17, 15) is 4.79 Å². The van der Waals surface area contributed by atoms with Gasteiger partial charge < -0.3 is 10.1 Å². The largest absolute Gasteiger partial charge is 0.466 e. The number of nitrogens with one attached hydrogen (secondary N) is 1. The minimum absolute atomic E-state index is 0.0749. The average molecular weight is 199 g/mol. The van der Waals surface area contributed by atoms with Crippen LogP contribution in [0.2, 0.25) is 0 Å². The van der Waals surface area contributed by atoms with Crippen LogP contribution < -0.4 is 5.32 Å². The molecule has 0 aliphatic rings. The van der Waals surface area contributed by atoms with Crippen LogP contribution >= 0.6 is 0 Å². The number of esters is 1. The predicted octanol–water partition coefficient (Wildman–Crippen LogP) is 1.88. The Hall–Kier alpha value is -0.830. The average Bonchev–Trinajstić information content (AvgIpc) is 2.09. The molecule has 0 atom stereocenters. The van der Waals surface area contributed by atoms with Crippen molar-refractivity contribution in [2.24, 2.45) is 0 Å². The fraction of sp³-hybridized carbons (Fsp3) is 0.727. The van der Waals surface area contributed by atoms with E-state index in [-0.39, 0.29) is 11.5 Å². The highest BCUT2D eigenvalue weighted by atomic mass is 16.5. The predicted molar refractivity (Wildman–Crippen MR) is 58.1 cm³/mol. The van der Waals surface area contributed by atoms with E-state index in [1.807, 2.05) is 13.0 Å². The third-order valence-electron chi connectivity index (χ3n) is 1.81. The maximum Gasteiger partial charge on any atom is 0.333 e. The van der Waals surface area contributed by atoms with E-state index in [0.29, 0.717) is 13.0 Å². The minimum atomic E-state index is -0.233. The van der Waals surface area contributed by atoms with Crippen molar-refractivity contribution in [2.45, 2.75) is 39.7 Å². The maximum absolute atomic E-state index is 11.2.